The van der Waals surface area contributed by atoms with E-state index >= 15 is 0 Å². The Balaban J connectivity index is 1.42. The van der Waals surface area contributed by atoms with Crippen LogP contribution in [0, 0.1) is 18.8 Å². The van der Waals surface area contributed by atoms with Crippen molar-refractivity contribution in [1.29, 1.82) is 0 Å². The van der Waals surface area contributed by atoms with Crippen LogP contribution in [-0.2, 0) is 4.79 Å². The van der Waals surface area contributed by atoms with Gasteiger partial charge in [-0.25, -0.2) is 15.0 Å². The second kappa shape index (κ2) is 9.38. The minimum atomic E-state index is -0.103. The Morgan fingerprint density at radius 1 is 1.13 bits per heavy atom. The van der Waals surface area contributed by atoms with Gasteiger partial charge in [-0.05, 0) is 50.7 Å². The molecule has 160 valence electrons. The summed E-state index contributed by atoms with van der Waals surface area (Å²) < 4.78 is 0. The Kier molecular flexibility index (Phi) is 6.42. The van der Waals surface area contributed by atoms with Crippen LogP contribution in [0.15, 0.2) is 30.6 Å². The van der Waals surface area contributed by atoms with Crippen molar-refractivity contribution >= 4 is 23.4 Å². The number of aliphatic hydroxyl groups excluding tert-OH is 1. The van der Waals surface area contributed by atoms with Crippen LogP contribution in [0.1, 0.15) is 31.4 Å². The van der Waals surface area contributed by atoms with Crippen molar-refractivity contribution in [3.05, 3.63) is 36.3 Å². The topological polar surface area (TPSA) is 94.5 Å². The van der Waals surface area contributed by atoms with E-state index in [0.29, 0.717) is 18.3 Å². The summed E-state index contributed by atoms with van der Waals surface area (Å²) in [5, 5.41) is 12.5. The molecule has 4 rings (SSSR count). The van der Waals surface area contributed by atoms with Gasteiger partial charge in [0, 0.05) is 44.5 Å². The second-order valence-corrected chi connectivity index (χ2v) is 8.31. The third-order valence-electron chi connectivity index (χ3n) is 6.00. The van der Waals surface area contributed by atoms with Crippen LogP contribution in [0.25, 0.3) is 0 Å². The molecule has 2 N–H and O–H groups in total. The lowest BCUT2D eigenvalue weighted by Gasteiger charge is -2.35. The quantitative estimate of drug-likeness (QED) is 0.781. The summed E-state index contributed by atoms with van der Waals surface area (Å²) in [5.74, 6) is 2.56. The van der Waals surface area contributed by atoms with Crippen molar-refractivity contribution in [3.63, 3.8) is 0 Å². The normalized spacial score (nSPS) is 22.1. The summed E-state index contributed by atoms with van der Waals surface area (Å²) >= 11 is 0. The van der Waals surface area contributed by atoms with Crippen LogP contribution < -0.4 is 15.1 Å². The van der Waals surface area contributed by atoms with Crippen LogP contribution in [0.4, 0.5) is 17.5 Å². The van der Waals surface area contributed by atoms with E-state index < -0.39 is 0 Å². The molecule has 8 heteroatoms. The van der Waals surface area contributed by atoms with Gasteiger partial charge in [0.1, 0.15) is 23.8 Å². The smallest absolute Gasteiger partial charge is 0.230 e. The number of pyridine rings is 1. The highest BCUT2D eigenvalue weighted by Gasteiger charge is 2.28. The first kappa shape index (κ1) is 20.5. The summed E-state index contributed by atoms with van der Waals surface area (Å²) in [6, 6.07) is 7.65. The van der Waals surface area contributed by atoms with Gasteiger partial charge in [-0.15, -0.1) is 0 Å². The van der Waals surface area contributed by atoms with Crippen molar-refractivity contribution in [2.75, 3.05) is 47.9 Å². The predicted octanol–water partition coefficient (Wildman–Crippen LogP) is 2.24. The number of nitrogens with zero attached hydrogens (tertiary/aromatic N) is 5. The molecule has 2 saturated heterocycles. The molecule has 0 saturated carbocycles. The molecule has 2 fully saturated rings. The van der Waals surface area contributed by atoms with Gasteiger partial charge in [0.2, 0.25) is 5.91 Å². The summed E-state index contributed by atoms with van der Waals surface area (Å²) in [6.45, 7) is 5.40. The number of amides is 1. The first-order valence-electron chi connectivity index (χ1n) is 10.8. The molecule has 4 heterocycles. The van der Waals surface area contributed by atoms with E-state index in [0.717, 1.165) is 62.6 Å². The van der Waals surface area contributed by atoms with E-state index in [4.69, 9.17) is 0 Å². The molecule has 0 aliphatic carbocycles. The van der Waals surface area contributed by atoms with Gasteiger partial charge in [-0.1, -0.05) is 6.07 Å². The van der Waals surface area contributed by atoms with E-state index in [1.165, 1.54) is 0 Å². The van der Waals surface area contributed by atoms with Crippen LogP contribution >= 0.6 is 0 Å². The maximum Gasteiger partial charge on any atom is 0.230 e. The Morgan fingerprint density at radius 2 is 1.87 bits per heavy atom. The van der Waals surface area contributed by atoms with Gasteiger partial charge in [0.25, 0.3) is 0 Å². The van der Waals surface area contributed by atoms with Gasteiger partial charge < -0.3 is 20.2 Å². The number of aryl methyl sites for hydroxylation is 1. The molecule has 0 spiro atoms. The molecular formula is C22H30N6O2. The average molecular weight is 411 g/mol. The molecule has 0 aromatic carbocycles. The Labute approximate surface area is 177 Å². The van der Waals surface area contributed by atoms with E-state index in [-0.39, 0.29) is 18.4 Å². The zero-order valence-electron chi connectivity index (χ0n) is 17.5. The fourth-order valence-corrected chi connectivity index (χ4v) is 4.35. The molecule has 8 nitrogen and oxygen atoms in total. The first-order valence-corrected chi connectivity index (χ1v) is 10.8. The number of nitrogens with one attached hydrogen (secondary N) is 1. The largest absolute Gasteiger partial charge is 0.396 e. The van der Waals surface area contributed by atoms with Crippen LogP contribution in [-0.4, -0.2) is 58.8 Å². The second-order valence-electron chi connectivity index (χ2n) is 8.31. The highest BCUT2D eigenvalue weighted by Crippen LogP contribution is 2.27. The Bertz CT molecular complexity index is 876. The van der Waals surface area contributed by atoms with Gasteiger partial charge in [0.05, 0.1) is 5.92 Å². The minimum absolute atomic E-state index is 0.00824. The summed E-state index contributed by atoms with van der Waals surface area (Å²) in [6.07, 6.45) is 5.52. The highest BCUT2D eigenvalue weighted by atomic mass is 16.3. The number of piperidine rings is 2. The predicted molar refractivity (Wildman–Crippen MR) is 117 cm³/mol. The molecule has 2 aromatic rings. The summed E-state index contributed by atoms with van der Waals surface area (Å²) in [5.41, 5.74) is 0.882. The van der Waals surface area contributed by atoms with Crippen molar-refractivity contribution < 1.29 is 9.90 Å². The molecule has 1 amide bonds. The number of carbonyl (C=O) groups is 1. The number of aromatic nitrogens is 3. The zero-order valence-corrected chi connectivity index (χ0v) is 17.5. The number of rotatable bonds is 5. The van der Waals surface area contributed by atoms with Gasteiger partial charge in [0.15, 0.2) is 0 Å². The molecule has 2 atom stereocenters. The summed E-state index contributed by atoms with van der Waals surface area (Å²) in [4.78, 5) is 30.5. The van der Waals surface area contributed by atoms with Crippen molar-refractivity contribution in [2.24, 2.45) is 11.8 Å². The molecule has 0 bridgehead atoms. The molecular weight excluding hydrogens is 380 g/mol. The Hall–Kier alpha value is -2.74. The third-order valence-corrected chi connectivity index (χ3v) is 6.00. The van der Waals surface area contributed by atoms with E-state index in [2.05, 4.69) is 30.1 Å². The van der Waals surface area contributed by atoms with Crippen LogP contribution in [0.2, 0.25) is 0 Å². The van der Waals surface area contributed by atoms with E-state index in [1.54, 1.807) is 6.33 Å². The number of hydrogen-bond acceptors (Lipinski definition) is 7. The molecule has 2 aliphatic heterocycles. The lowest BCUT2D eigenvalue weighted by atomic mass is 9.97. The van der Waals surface area contributed by atoms with Crippen molar-refractivity contribution in [2.45, 2.75) is 32.6 Å². The monoisotopic (exact) mass is 410 g/mol. The maximum absolute atomic E-state index is 12.8. The third kappa shape index (κ3) is 4.87. The van der Waals surface area contributed by atoms with Crippen LogP contribution in [0.3, 0.4) is 0 Å². The van der Waals surface area contributed by atoms with Crippen molar-refractivity contribution in [1.82, 2.24) is 15.0 Å². The molecule has 0 radical (unpaired) electrons. The van der Waals surface area contributed by atoms with E-state index in [1.807, 2.05) is 31.2 Å². The SMILES string of the molecule is Cc1cccc(NC(=O)C2CCCN(c3cc(N4CCCC(CO)C4)ncn3)C2)n1. The number of aliphatic hydroxyl groups is 1. The fraction of sp³-hybridized carbons (Fsp3) is 0.545. The molecule has 2 aromatic heterocycles. The Morgan fingerprint density at radius 3 is 2.60 bits per heavy atom. The minimum Gasteiger partial charge on any atom is -0.396 e. The van der Waals surface area contributed by atoms with Gasteiger partial charge >= 0.3 is 0 Å². The van der Waals surface area contributed by atoms with Crippen LogP contribution in [0.5, 0.6) is 0 Å². The first-order chi connectivity index (χ1) is 14.6. The lowest BCUT2D eigenvalue weighted by Crippen LogP contribution is -2.41. The standard InChI is InChI=1S/C22H30N6O2/c1-16-5-2-8-19(25-16)26-22(30)18-7-4-10-28(13-18)21-11-20(23-15-24-21)27-9-3-6-17(12-27)14-29/h2,5,8,11,15,17-18,29H,3-4,6-7,9-10,12-14H2,1H3,(H,25,26,30). The zero-order chi connectivity index (χ0) is 20.9. The summed E-state index contributed by atoms with van der Waals surface area (Å²) in [7, 11) is 0. The highest BCUT2D eigenvalue weighted by molar-refractivity contribution is 5.92. The lowest BCUT2D eigenvalue weighted by molar-refractivity contribution is -0.120. The molecule has 2 aliphatic rings. The molecule has 2 unspecified atom stereocenters. The molecule has 30 heavy (non-hydrogen) atoms. The van der Waals surface area contributed by atoms with Crippen molar-refractivity contribution in [3.8, 4) is 0 Å². The van der Waals surface area contributed by atoms with Gasteiger partial charge in [-0.2, -0.15) is 0 Å². The number of carbonyl (C=O) groups excluding carboxylic acids is 1. The maximum atomic E-state index is 12.8. The van der Waals surface area contributed by atoms with Gasteiger partial charge in [-0.3, -0.25) is 4.79 Å². The average Bonchev–Trinajstić information content (AvgIpc) is 2.79. The fourth-order valence-electron chi connectivity index (χ4n) is 4.35. The number of hydrogen-bond donors (Lipinski definition) is 2. The van der Waals surface area contributed by atoms with E-state index in [9.17, 15) is 9.90 Å². The number of anilines is 3.